The molecule has 0 aromatic carbocycles. The highest BCUT2D eigenvalue weighted by atomic mass is 16.1. The summed E-state index contributed by atoms with van der Waals surface area (Å²) in [4.78, 5) is 11.4. The zero-order valence-electron chi connectivity index (χ0n) is 9.47. The van der Waals surface area contributed by atoms with Gasteiger partial charge in [0.15, 0.2) is 0 Å². The maximum atomic E-state index is 11.4. The lowest BCUT2D eigenvalue weighted by Crippen LogP contribution is -2.54. The molecule has 3 heteroatoms. The summed E-state index contributed by atoms with van der Waals surface area (Å²) >= 11 is 0. The van der Waals surface area contributed by atoms with E-state index in [1.807, 2.05) is 6.92 Å². The maximum absolute atomic E-state index is 11.4. The lowest BCUT2D eigenvalue weighted by molar-refractivity contribution is -0.124. The lowest BCUT2D eigenvalue weighted by atomic mass is 9.93. The Morgan fingerprint density at radius 2 is 2.14 bits per heavy atom. The first-order chi connectivity index (χ1) is 6.44. The summed E-state index contributed by atoms with van der Waals surface area (Å²) in [7, 11) is 0. The van der Waals surface area contributed by atoms with Crippen LogP contribution in [0.1, 0.15) is 40.0 Å². The van der Waals surface area contributed by atoms with Crippen LogP contribution in [0.3, 0.4) is 0 Å². The van der Waals surface area contributed by atoms with E-state index in [1.165, 1.54) is 12.8 Å². The standard InChI is InChI=1S/C11H22N2O/c1-8(2)7-13-11(3,10(12)14)6-9-4-5-9/h8-9,13H,4-7H2,1-3H3,(H2,12,14). The van der Waals surface area contributed by atoms with E-state index in [-0.39, 0.29) is 5.91 Å². The van der Waals surface area contributed by atoms with Crippen LogP contribution in [-0.4, -0.2) is 18.0 Å². The Morgan fingerprint density at radius 3 is 2.50 bits per heavy atom. The third-order valence-electron chi connectivity index (χ3n) is 2.84. The van der Waals surface area contributed by atoms with Gasteiger partial charge < -0.3 is 11.1 Å². The van der Waals surface area contributed by atoms with E-state index in [0.717, 1.165) is 13.0 Å². The zero-order valence-corrected chi connectivity index (χ0v) is 9.47. The van der Waals surface area contributed by atoms with Gasteiger partial charge in [-0.3, -0.25) is 4.79 Å². The largest absolute Gasteiger partial charge is 0.368 e. The number of hydrogen-bond acceptors (Lipinski definition) is 2. The number of nitrogens with two attached hydrogens (primary N) is 1. The van der Waals surface area contributed by atoms with E-state index >= 15 is 0 Å². The number of carbonyl (C=O) groups is 1. The summed E-state index contributed by atoms with van der Waals surface area (Å²) in [6.07, 6.45) is 3.41. The van der Waals surface area contributed by atoms with Crippen molar-refractivity contribution in [2.45, 2.75) is 45.6 Å². The molecule has 3 nitrogen and oxygen atoms in total. The van der Waals surface area contributed by atoms with Crippen molar-refractivity contribution in [1.29, 1.82) is 0 Å². The van der Waals surface area contributed by atoms with Crippen molar-refractivity contribution in [3.05, 3.63) is 0 Å². The highest BCUT2D eigenvalue weighted by molar-refractivity contribution is 5.84. The fourth-order valence-electron chi connectivity index (χ4n) is 1.59. The average molecular weight is 198 g/mol. The fourth-order valence-corrected chi connectivity index (χ4v) is 1.59. The minimum atomic E-state index is -0.495. The van der Waals surface area contributed by atoms with Gasteiger partial charge in [-0.05, 0) is 31.7 Å². The highest BCUT2D eigenvalue weighted by Gasteiger charge is 2.37. The Kier molecular flexibility index (Phi) is 3.53. The Morgan fingerprint density at radius 1 is 1.57 bits per heavy atom. The van der Waals surface area contributed by atoms with Gasteiger partial charge in [0.2, 0.25) is 5.91 Å². The summed E-state index contributed by atoms with van der Waals surface area (Å²) in [6.45, 7) is 7.04. The molecular weight excluding hydrogens is 176 g/mol. The molecule has 1 unspecified atom stereocenters. The molecule has 1 aliphatic carbocycles. The summed E-state index contributed by atoms with van der Waals surface area (Å²) in [5.74, 6) is 1.05. The summed E-state index contributed by atoms with van der Waals surface area (Å²) in [5, 5.41) is 3.29. The molecule has 1 rings (SSSR count). The Balaban J connectivity index is 2.46. The topological polar surface area (TPSA) is 55.1 Å². The number of hydrogen-bond donors (Lipinski definition) is 2. The Bertz CT molecular complexity index is 211. The van der Waals surface area contributed by atoms with E-state index in [2.05, 4.69) is 19.2 Å². The first kappa shape index (κ1) is 11.5. The zero-order chi connectivity index (χ0) is 10.8. The van der Waals surface area contributed by atoms with Gasteiger partial charge in [0.25, 0.3) is 0 Å². The van der Waals surface area contributed by atoms with Crippen LogP contribution < -0.4 is 11.1 Å². The molecule has 0 bridgehead atoms. The number of amides is 1. The van der Waals surface area contributed by atoms with Crippen molar-refractivity contribution >= 4 is 5.91 Å². The number of primary amides is 1. The minimum absolute atomic E-state index is 0.218. The quantitative estimate of drug-likeness (QED) is 0.675. The predicted molar refractivity (Wildman–Crippen MR) is 57.8 cm³/mol. The van der Waals surface area contributed by atoms with Gasteiger partial charge in [-0.1, -0.05) is 26.7 Å². The molecule has 0 spiro atoms. The lowest BCUT2D eigenvalue weighted by Gasteiger charge is -2.28. The van der Waals surface area contributed by atoms with Crippen LogP contribution >= 0.6 is 0 Å². The molecule has 14 heavy (non-hydrogen) atoms. The van der Waals surface area contributed by atoms with Crippen molar-refractivity contribution in [1.82, 2.24) is 5.32 Å². The van der Waals surface area contributed by atoms with Gasteiger partial charge in [-0.2, -0.15) is 0 Å². The highest BCUT2D eigenvalue weighted by Crippen LogP contribution is 2.36. The SMILES string of the molecule is CC(C)CNC(C)(CC1CC1)C(N)=O. The summed E-state index contributed by atoms with van der Waals surface area (Å²) < 4.78 is 0. The van der Waals surface area contributed by atoms with Crippen LogP contribution in [0.15, 0.2) is 0 Å². The normalized spacial score (nSPS) is 20.9. The second-order valence-electron chi connectivity index (χ2n) is 5.12. The maximum Gasteiger partial charge on any atom is 0.237 e. The summed E-state index contributed by atoms with van der Waals surface area (Å²) in [6, 6.07) is 0. The Labute approximate surface area is 86.4 Å². The van der Waals surface area contributed by atoms with Crippen LogP contribution in [0.4, 0.5) is 0 Å². The van der Waals surface area contributed by atoms with Crippen LogP contribution in [-0.2, 0) is 4.79 Å². The van der Waals surface area contributed by atoms with E-state index in [4.69, 9.17) is 5.73 Å². The monoisotopic (exact) mass is 198 g/mol. The molecule has 1 aliphatic rings. The van der Waals surface area contributed by atoms with E-state index in [1.54, 1.807) is 0 Å². The molecule has 1 saturated carbocycles. The molecule has 3 N–H and O–H groups in total. The molecule has 82 valence electrons. The van der Waals surface area contributed by atoms with Gasteiger partial charge in [0.1, 0.15) is 0 Å². The molecule has 1 amide bonds. The molecular formula is C11H22N2O. The van der Waals surface area contributed by atoms with Crippen molar-refractivity contribution < 1.29 is 4.79 Å². The van der Waals surface area contributed by atoms with E-state index < -0.39 is 5.54 Å². The number of carbonyl (C=O) groups excluding carboxylic acids is 1. The van der Waals surface area contributed by atoms with Crippen LogP contribution in [0.25, 0.3) is 0 Å². The second kappa shape index (κ2) is 4.30. The Hall–Kier alpha value is -0.570. The van der Waals surface area contributed by atoms with Gasteiger partial charge >= 0.3 is 0 Å². The molecule has 0 aliphatic heterocycles. The van der Waals surface area contributed by atoms with Crippen LogP contribution in [0, 0.1) is 11.8 Å². The average Bonchev–Trinajstić information content (AvgIpc) is 2.84. The van der Waals surface area contributed by atoms with Crippen LogP contribution in [0.2, 0.25) is 0 Å². The van der Waals surface area contributed by atoms with Crippen molar-refractivity contribution in [2.75, 3.05) is 6.54 Å². The smallest absolute Gasteiger partial charge is 0.237 e. The first-order valence-electron chi connectivity index (χ1n) is 5.49. The molecule has 0 radical (unpaired) electrons. The first-order valence-corrected chi connectivity index (χ1v) is 5.49. The van der Waals surface area contributed by atoms with Crippen molar-refractivity contribution in [3.8, 4) is 0 Å². The number of nitrogens with one attached hydrogen (secondary N) is 1. The fraction of sp³-hybridized carbons (Fsp3) is 0.909. The third kappa shape index (κ3) is 3.29. The third-order valence-corrected chi connectivity index (χ3v) is 2.84. The molecule has 1 fully saturated rings. The van der Waals surface area contributed by atoms with Gasteiger partial charge in [0, 0.05) is 0 Å². The molecule has 0 saturated heterocycles. The van der Waals surface area contributed by atoms with E-state index in [9.17, 15) is 4.79 Å². The minimum Gasteiger partial charge on any atom is -0.368 e. The number of rotatable bonds is 6. The predicted octanol–water partition coefficient (Wildman–Crippen LogP) is 1.28. The van der Waals surface area contributed by atoms with Gasteiger partial charge in [0.05, 0.1) is 5.54 Å². The van der Waals surface area contributed by atoms with Gasteiger partial charge in [-0.25, -0.2) is 0 Å². The molecule has 0 aromatic heterocycles. The van der Waals surface area contributed by atoms with Crippen molar-refractivity contribution in [2.24, 2.45) is 17.6 Å². The van der Waals surface area contributed by atoms with Crippen LogP contribution in [0.5, 0.6) is 0 Å². The summed E-state index contributed by atoms with van der Waals surface area (Å²) in [5.41, 5.74) is 4.94. The second-order valence-corrected chi connectivity index (χ2v) is 5.12. The van der Waals surface area contributed by atoms with Gasteiger partial charge in [-0.15, -0.1) is 0 Å². The van der Waals surface area contributed by atoms with E-state index in [0.29, 0.717) is 11.8 Å². The molecule has 0 heterocycles. The molecule has 1 atom stereocenters. The molecule has 0 aromatic rings. The van der Waals surface area contributed by atoms with Crippen molar-refractivity contribution in [3.63, 3.8) is 0 Å².